The summed E-state index contributed by atoms with van der Waals surface area (Å²) < 4.78 is 1.70. The van der Waals surface area contributed by atoms with Crippen LogP contribution in [0.4, 0.5) is 11.5 Å². The summed E-state index contributed by atoms with van der Waals surface area (Å²) in [5.74, 6) is 0.556. The Morgan fingerprint density at radius 1 is 1.56 bits per heavy atom. The Morgan fingerprint density at radius 3 is 2.56 bits per heavy atom. The molecule has 0 aliphatic carbocycles. The molecule has 7 nitrogen and oxygen atoms in total. The lowest BCUT2D eigenvalue weighted by molar-refractivity contribution is -0.384. The Bertz CT molecular complexity index is 427. The van der Waals surface area contributed by atoms with Crippen molar-refractivity contribution < 1.29 is 4.92 Å². The number of nitro groups is 1. The van der Waals surface area contributed by atoms with Gasteiger partial charge in [-0.05, 0) is 27.7 Å². The van der Waals surface area contributed by atoms with E-state index in [0.29, 0.717) is 31.1 Å². The van der Waals surface area contributed by atoms with Crippen LogP contribution in [0.2, 0.25) is 0 Å². The molecule has 0 fully saturated rings. The van der Waals surface area contributed by atoms with Crippen molar-refractivity contribution in [3.63, 3.8) is 0 Å². The largest absolute Gasteiger partial charge is 0.350 e. The van der Waals surface area contributed by atoms with Crippen molar-refractivity contribution >= 4 is 11.5 Å². The number of hydrogen-bond donors (Lipinski definition) is 1. The van der Waals surface area contributed by atoms with E-state index in [1.165, 1.54) is 0 Å². The Morgan fingerprint density at radius 2 is 2.17 bits per heavy atom. The van der Waals surface area contributed by atoms with Crippen LogP contribution in [0.3, 0.4) is 0 Å². The van der Waals surface area contributed by atoms with E-state index in [-0.39, 0.29) is 16.7 Å². The van der Waals surface area contributed by atoms with Crippen LogP contribution >= 0.6 is 0 Å². The number of nitrogens with two attached hydrogens (primary N) is 1. The van der Waals surface area contributed by atoms with Crippen molar-refractivity contribution in [2.45, 2.75) is 33.7 Å². The van der Waals surface area contributed by atoms with Crippen molar-refractivity contribution in [1.82, 2.24) is 9.78 Å². The van der Waals surface area contributed by atoms with Gasteiger partial charge in [0.2, 0.25) is 5.82 Å². The maximum Gasteiger partial charge on any atom is 0.333 e. The maximum atomic E-state index is 11.2. The molecule has 18 heavy (non-hydrogen) atoms. The summed E-state index contributed by atoms with van der Waals surface area (Å²) in [4.78, 5) is 12.7. The first kappa shape index (κ1) is 14.4. The third kappa shape index (κ3) is 2.61. The molecule has 0 atom stereocenters. The Balaban J connectivity index is 3.39. The molecule has 1 aromatic rings. The molecule has 0 bridgehead atoms. The maximum absolute atomic E-state index is 11.2. The lowest BCUT2D eigenvalue weighted by Crippen LogP contribution is -2.32. The molecule has 0 aliphatic heterocycles. The average Bonchev–Trinajstić information content (AvgIpc) is 2.63. The monoisotopic (exact) mass is 255 g/mol. The van der Waals surface area contributed by atoms with Gasteiger partial charge in [0.05, 0.1) is 4.92 Å². The molecule has 2 N–H and O–H groups in total. The van der Waals surface area contributed by atoms with E-state index in [0.717, 1.165) is 0 Å². The predicted molar refractivity (Wildman–Crippen MR) is 70.9 cm³/mol. The van der Waals surface area contributed by atoms with Gasteiger partial charge in [0.15, 0.2) is 0 Å². The fourth-order valence-electron chi connectivity index (χ4n) is 1.96. The smallest absolute Gasteiger partial charge is 0.333 e. The summed E-state index contributed by atoms with van der Waals surface area (Å²) in [6.07, 6.45) is 0. The highest BCUT2D eigenvalue weighted by Gasteiger charge is 2.29. The zero-order valence-corrected chi connectivity index (χ0v) is 11.4. The minimum Gasteiger partial charge on any atom is -0.350 e. The first-order chi connectivity index (χ1) is 8.43. The van der Waals surface area contributed by atoms with Crippen LogP contribution in [0.5, 0.6) is 0 Å². The molecule has 0 aliphatic rings. The van der Waals surface area contributed by atoms with Crippen LogP contribution in [-0.4, -0.2) is 34.3 Å². The standard InChI is InChI=1S/C11H21N5O2/c1-5-14(7-6-12)11-10(16(17)18)9(4)13-15(11)8(2)3/h8H,5-7,12H2,1-4H3. The minimum atomic E-state index is -0.365. The van der Waals surface area contributed by atoms with Crippen molar-refractivity contribution in [2.75, 3.05) is 24.5 Å². The molecule has 1 rings (SSSR count). The van der Waals surface area contributed by atoms with Crippen molar-refractivity contribution in [2.24, 2.45) is 5.73 Å². The second-order valence-corrected chi connectivity index (χ2v) is 4.42. The molecule has 1 aromatic heterocycles. The number of nitrogens with zero attached hydrogens (tertiary/aromatic N) is 4. The topological polar surface area (TPSA) is 90.2 Å². The molecule has 0 spiro atoms. The number of rotatable bonds is 6. The fourth-order valence-corrected chi connectivity index (χ4v) is 1.96. The van der Waals surface area contributed by atoms with Crippen LogP contribution in [0.15, 0.2) is 0 Å². The summed E-state index contributed by atoms with van der Waals surface area (Å²) in [5, 5.41) is 15.5. The zero-order chi connectivity index (χ0) is 13.9. The molecular formula is C11H21N5O2. The Labute approximate surface area is 107 Å². The van der Waals surface area contributed by atoms with E-state index in [2.05, 4.69) is 5.10 Å². The molecule has 0 amide bonds. The number of anilines is 1. The van der Waals surface area contributed by atoms with Gasteiger partial charge in [-0.1, -0.05) is 0 Å². The van der Waals surface area contributed by atoms with Gasteiger partial charge in [-0.3, -0.25) is 10.1 Å². The SMILES string of the molecule is CCN(CCN)c1c([N+](=O)[O-])c(C)nn1C(C)C. The molecule has 1 heterocycles. The molecular weight excluding hydrogens is 234 g/mol. The molecule has 0 aromatic carbocycles. The van der Waals surface area contributed by atoms with Crippen LogP contribution in [0.1, 0.15) is 32.5 Å². The van der Waals surface area contributed by atoms with Gasteiger partial charge in [-0.15, -0.1) is 0 Å². The minimum absolute atomic E-state index is 0.0687. The average molecular weight is 255 g/mol. The second-order valence-electron chi connectivity index (χ2n) is 4.42. The van der Waals surface area contributed by atoms with Gasteiger partial charge in [0.25, 0.3) is 0 Å². The summed E-state index contributed by atoms with van der Waals surface area (Å²) in [6, 6.07) is 0.0687. The van der Waals surface area contributed by atoms with E-state index in [1.54, 1.807) is 11.6 Å². The van der Waals surface area contributed by atoms with Gasteiger partial charge in [0.1, 0.15) is 5.69 Å². The number of aryl methyl sites for hydroxylation is 1. The predicted octanol–water partition coefficient (Wildman–Crippen LogP) is 1.47. The van der Waals surface area contributed by atoms with E-state index in [1.807, 2.05) is 25.7 Å². The van der Waals surface area contributed by atoms with Crippen LogP contribution in [0.25, 0.3) is 0 Å². The van der Waals surface area contributed by atoms with Gasteiger partial charge >= 0.3 is 5.69 Å². The Kier molecular flexibility index (Phi) is 4.66. The summed E-state index contributed by atoms with van der Waals surface area (Å²) in [6.45, 7) is 9.22. The highest BCUT2D eigenvalue weighted by atomic mass is 16.6. The summed E-state index contributed by atoms with van der Waals surface area (Å²) in [5.41, 5.74) is 6.09. The first-order valence-corrected chi connectivity index (χ1v) is 6.12. The number of hydrogen-bond acceptors (Lipinski definition) is 5. The molecule has 0 saturated heterocycles. The zero-order valence-electron chi connectivity index (χ0n) is 11.4. The van der Waals surface area contributed by atoms with Crippen molar-refractivity contribution in [1.29, 1.82) is 0 Å². The molecule has 0 saturated carbocycles. The number of likely N-dealkylation sites (N-methyl/N-ethyl adjacent to an activating group) is 1. The van der Waals surface area contributed by atoms with Gasteiger partial charge in [-0.2, -0.15) is 5.10 Å². The second kappa shape index (κ2) is 5.81. The third-order valence-electron chi connectivity index (χ3n) is 2.78. The first-order valence-electron chi connectivity index (χ1n) is 6.12. The lowest BCUT2D eigenvalue weighted by Gasteiger charge is -2.23. The van der Waals surface area contributed by atoms with Crippen molar-refractivity contribution in [3.8, 4) is 0 Å². The highest BCUT2D eigenvalue weighted by Crippen LogP contribution is 2.33. The highest BCUT2D eigenvalue weighted by molar-refractivity contribution is 5.61. The molecule has 0 radical (unpaired) electrons. The van der Waals surface area contributed by atoms with Crippen LogP contribution in [0, 0.1) is 17.0 Å². The normalized spacial score (nSPS) is 11.0. The fraction of sp³-hybridized carbons (Fsp3) is 0.727. The lowest BCUT2D eigenvalue weighted by atomic mass is 10.3. The van der Waals surface area contributed by atoms with Crippen LogP contribution in [-0.2, 0) is 0 Å². The molecule has 7 heteroatoms. The van der Waals surface area contributed by atoms with Gasteiger partial charge in [-0.25, -0.2) is 4.68 Å². The van der Waals surface area contributed by atoms with E-state index < -0.39 is 0 Å². The Hall–Kier alpha value is -1.63. The van der Waals surface area contributed by atoms with E-state index in [4.69, 9.17) is 5.73 Å². The number of aromatic nitrogens is 2. The van der Waals surface area contributed by atoms with Crippen molar-refractivity contribution in [3.05, 3.63) is 15.8 Å². The quantitative estimate of drug-likeness (QED) is 0.614. The van der Waals surface area contributed by atoms with E-state index >= 15 is 0 Å². The molecule has 0 unspecified atom stereocenters. The molecule has 102 valence electrons. The van der Waals surface area contributed by atoms with E-state index in [9.17, 15) is 10.1 Å². The summed E-state index contributed by atoms with van der Waals surface area (Å²) >= 11 is 0. The third-order valence-corrected chi connectivity index (χ3v) is 2.78. The van der Waals surface area contributed by atoms with Gasteiger partial charge < -0.3 is 10.6 Å². The summed E-state index contributed by atoms with van der Waals surface area (Å²) in [7, 11) is 0. The van der Waals surface area contributed by atoms with Gasteiger partial charge in [0, 0.05) is 25.7 Å². The van der Waals surface area contributed by atoms with Crippen LogP contribution < -0.4 is 10.6 Å².